The van der Waals surface area contributed by atoms with Crippen molar-refractivity contribution < 1.29 is 4.39 Å². The Morgan fingerprint density at radius 2 is 2.11 bits per heavy atom. The predicted molar refractivity (Wildman–Crippen MR) is 66.7 cm³/mol. The number of hydrogen-bond donors (Lipinski definition) is 1. The maximum Gasteiger partial charge on any atom is 0.109 e. The number of alkyl halides is 1. The summed E-state index contributed by atoms with van der Waals surface area (Å²) in [6.45, 7) is 3.46. The minimum atomic E-state index is -0.386. The largest absolute Gasteiger partial charge is 0.307 e. The van der Waals surface area contributed by atoms with Crippen molar-refractivity contribution in [1.29, 1.82) is 0 Å². The number of hydrogen-bond acceptors (Lipinski definition) is 3. The van der Waals surface area contributed by atoms with Crippen LogP contribution in [0.5, 0.6) is 0 Å². The van der Waals surface area contributed by atoms with Crippen molar-refractivity contribution in [2.24, 2.45) is 7.05 Å². The van der Waals surface area contributed by atoms with Gasteiger partial charge in [-0.2, -0.15) is 10.2 Å². The number of aromatic nitrogens is 4. The molecule has 18 heavy (non-hydrogen) atoms. The molecular weight excluding hydrogens is 233 g/mol. The van der Waals surface area contributed by atoms with Gasteiger partial charge in [-0.25, -0.2) is 4.39 Å². The molecule has 0 aliphatic rings. The SMILES string of the molecule is Cc1cnn(C)c1CNCc1cnn(CCF)c1. The lowest BCUT2D eigenvalue weighted by Crippen LogP contribution is -2.15. The Balaban J connectivity index is 1.84. The highest BCUT2D eigenvalue weighted by Crippen LogP contribution is 2.05. The monoisotopic (exact) mass is 251 g/mol. The molecule has 0 aromatic carbocycles. The van der Waals surface area contributed by atoms with E-state index in [1.807, 2.05) is 31.0 Å². The van der Waals surface area contributed by atoms with E-state index in [0.29, 0.717) is 6.54 Å². The van der Waals surface area contributed by atoms with E-state index in [2.05, 4.69) is 15.5 Å². The van der Waals surface area contributed by atoms with E-state index in [1.54, 1.807) is 10.9 Å². The molecule has 0 fully saturated rings. The molecule has 0 atom stereocenters. The quantitative estimate of drug-likeness (QED) is 0.838. The van der Waals surface area contributed by atoms with Gasteiger partial charge in [-0.1, -0.05) is 0 Å². The fourth-order valence-corrected chi connectivity index (χ4v) is 1.86. The van der Waals surface area contributed by atoms with Crippen LogP contribution in [0.4, 0.5) is 4.39 Å². The lowest BCUT2D eigenvalue weighted by molar-refractivity contribution is 0.427. The highest BCUT2D eigenvalue weighted by molar-refractivity contribution is 5.15. The van der Waals surface area contributed by atoms with Crippen LogP contribution in [0.2, 0.25) is 0 Å². The van der Waals surface area contributed by atoms with E-state index in [0.717, 1.165) is 18.7 Å². The minimum Gasteiger partial charge on any atom is -0.307 e. The van der Waals surface area contributed by atoms with E-state index in [1.165, 1.54) is 11.3 Å². The van der Waals surface area contributed by atoms with Crippen molar-refractivity contribution in [1.82, 2.24) is 24.9 Å². The second-order valence-corrected chi connectivity index (χ2v) is 4.30. The Kier molecular flexibility index (Phi) is 4.09. The molecule has 2 heterocycles. The van der Waals surface area contributed by atoms with Crippen LogP contribution in [0, 0.1) is 6.92 Å². The molecule has 6 heteroatoms. The second kappa shape index (κ2) is 5.77. The molecule has 1 N–H and O–H groups in total. The number of halogens is 1. The van der Waals surface area contributed by atoms with Crippen molar-refractivity contribution in [3.8, 4) is 0 Å². The molecule has 0 saturated heterocycles. The van der Waals surface area contributed by atoms with Crippen LogP contribution in [0.3, 0.4) is 0 Å². The summed E-state index contributed by atoms with van der Waals surface area (Å²) in [6.07, 6.45) is 5.48. The third kappa shape index (κ3) is 2.95. The lowest BCUT2D eigenvalue weighted by atomic mass is 10.2. The van der Waals surface area contributed by atoms with Gasteiger partial charge < -0.3 is 5.32 Å². The highest BCUT2D eigenvalue weighted by atomic mass is 19.1. The fraction of sp³-hybridized carbons (Fsp3) is 0.500. The Morgan fingerprint density at radius 3 is 2.78 bits per heavy atom. The first kappa shape index (κ1) is 12.8. The van der Waals surface area contributed by atoms with Gasteiger partial charge in [0, 0.05) is 31.9 Å². The molecule has 2 aromatic rings. The van der Waals surface area contributed by atoms with E-state index in [9.17, 15) is 4.39 Å². The zero-order valence-electron chi connectivity index (χ0n) is 10.7. The van der Waals surface area contributed by atoms with Crippen LogP contribution in [-0.4, -0.2) is 26.2 Å². The molecule has 0 bridgehead atoms. The van der Waals surface area contributed by atoms with Gasteiger partial charge in [-0.15, -0.1) is 0 Å². The van der Waals surface area contributed by atoms with Crippen molar-refractivity contribution in [2.45, 2.75) is 26.6 Å². The van der Waals surface area contributed by atoms with Gasteiger partial charge in [0.25, 0.3) is 0 Å². The molecule has 2 rings (SSSR count). The van der Waals surface area contributed by atoms with Crippen LogP contribution >= 0.6 is 0 Å². The molecule has 0 spiro atoms. The van der Waals surface area contributed by atoms with Crippen LogP contribution in [0.1, 0.15) is 16.8 Å². The smallest absolute Gasteiger partial charge is 0.109 e. The molecule has 0 amide bonds. The molecule has 98 valence electrons. The van der Waals surface area contributed by atoms with Gasteiger partial charge in [0.2, 0.25) is 0 Å². The van der Waals surface area contributed by atoms with Gasteiger partial charge >= 0.3 is 0 Å². The number of nitrogens with zero attached hydrogens (tertiary/aromatic N) is 4. The molecule has 5 nitrogen and oxygen atoms in total. The number of nitrogens with one attached hydrogen (secondary N) is 1. The van der Waals surface area contributed by atoms with Gasteiger partial charge in [0.1, 0.15) is 6.67 Å². The molecule has 0 aliphatic heterocycles. The Labute approximate surface area is 106 Å². The van der Waals surface area contributed by atoms with E-state index in [-0.39, 0.29) is 6.67 Å². The number of aryl methyl sites for hydroxylation is 3. The van der Waals surface area contributed by atoms with Crippen molar-refractivity contribution in [3.63, 3.8) is 0 Å². The van der Waals surface area contributed by atoms with Crippen molar-refractivity contribution in [3.05, 3.63) is 35.4 Å². The van der Waals surface area contributed by atoms with Gasteiger partial charge in [0.15, 0.2) is 0 Å². The maximum absolute atomic E-state index is 12.1. The summed E-state index contributed by atoms with van der Waals surface area (Å²) in [7, 11) is 1.93. The fourth-order valence-electron chi connectivity index (χ4n) is 1.86. The topological polar surface area (TPSA) is 47.7 Å². The van der Waals surface area contributed by atoms with E-state index < -0.39 is 0 Å². The highest BCUT2D eigenvalue weighted by Gasteiger charge is 2.04. The first-order valence-electron chi connectivity index (χ1n) is 5.96. The Bertz CT molecular complexity index is 483. The van der Waals surface area contributed by atoms with E-state index in [4.69, 9.17) is 0 Å². The minimum absolute atomic E-state index is 0.320. The molecular formula is C12H18FN5. The second-order valence-electron chi connectivity index (χ2n) is 4.30. The van der Waals surface area contributed by atoms with Crippen molar-refractivity contribution in [2.75, 3.05) is 6.67 Å². The standard InChI is InChI=1S/C12H18FN5/c1-10-5-15-17(2)12(10)8-14-6-11-7-16-18(9-11)4-3-13/h5,7,9,14H,3-4,6,8H2,1-2H3. The third-order valence-corrected chi connectivity index (χ3v) is 2.89. The molecule has 0 aliphatic carbocycles. The summed E-state index contributed by atoms with van der Waals surface area (Å²) in [6, 6.07) is 0. The maximum atomic E-state index is 12.1. The van der Waals surface area contributed by atoms with Crippen molar-refractivity contribution >= 4 is 0 Å². The molecule has 0 radical (unpaired) electrons. The van der Waals surface area contributed by atoms with Crippen LogP contribution < -0.4 is 5.32 Å². The average Bonchev–Trinajstić information content (AvgIpc) is 2.91. The molecule has 2 aromatic heterocycles. The first-order chi connectivity index (χ1) is 8.70. The van der Waals surface area contributed by atoms with Gasteiger partial charge in [-0.3, -0.25) is 9.36 Å². The summed E-state index contributed by atoms with van der Waals surface area (Å²) < 4.78 is 15.6. The average molecular weight is 251 g/mol. The predicted octanol–water partition coefficient (Wildman–Crippen LogP) is 1.18. The van der Waals surface area contributed by atoms with Crippen LogP contribution in [0.25, 0.3) is 0 Å². The van der Waals surface area contributed by atoms with Gasteiger partial charge in [0.05, 0.1) is 24.6 Å². The summed E-state index contributed by atoms with van der Waals surface area (Å²) in [5.41, 5.74) is 3.41. The van der Waals surface area contributed by atoms with Gasteiger partial charge in [-0.05, 0) is 12.5 Å². The van der Waals surface area contributed by atoms with E-state index >= 15 is 0 Å². The van der Waals surface area contributed by atoms with Crippen LogP contribution in [0.15, 0.2) is 18.6 Å². The van der Waals surface area contributed by atoms with Crippen LogP contribution in [-0.2, 0) is 26.7 Å². The normalized spacial score (nSPS) is 11.1. The molecule has 0 unspecified atom stereocenters. The summed E-state index contributed by atoms with van der Waals surface area (Å²) >= 11 is 0. The number of rotatable bonds is 6. The molecule has 0 saturated carbocycles. The summed E-state index contributed by atoms with van der Waals surface area (Å²) in [4.78, 5) is 0. The zero-order valence-corrected chi connectivity index (χ0v) is 10.7. The third-order valence-electron chi connectivity index (χ3n) is 2.89. The first-order valence-corrected chi connectivity index (χ1v) is 5.96. The Morgan fingerprint density at radius 1 is 1.28 bits per heavy atom. The zero-order chi connectivity index (χ0) is 13.0. The lowest BCUT2D eigenvalue weighted by Gasteiger charge is -2.05. The summed E-state index contributed by atoms with van der Waals surface area (Å²) in [5.74, 6) is 0. The Hall–Kier alpha value is -1.69. The summed E-state index contributed by atoms with van der Waals surface area (Å²) in [5, 5.41) is 11.6.